The molecule has 1 amide bonds. The molecule has 0 spiro atoms. The van der Waals surface area contributed by atoms with E-state index in [-0.39, 0.29) is 16.2 Å². The van der Waals surface area contributed by atoms with Gasteiger partial charge in [-0.2, -0.15) is 8.42 Å². The number of hydrogen-bond acceptors (Lipinski definition) is 7. The highest BCUT2D eigenvalue weighted by Gasteiger charge is 2.24. The van der Waals surface area contributed by atoms with E-state index in [2.05, 4.69) is 12.2 Å². The molecule has 10 nitrogen and oxygen atoms in total. The van der Waals surface area contributed by atoms with E-state index in [1.807, 2.05) is 0 Å². The van der Waals surface area contributed by atoms with Crippen molar-refractivity contribution in [3.8, 4) is 5.75 Å². The molecule has 0 aromatic heterocycles. The number of thiocarbonyl (C=S) groups is 1. The van der Waals surface area contributed by atoms with Gasteiger partial charge in [0.2, 0.25) is 0 Å². The Bertz CT molecular complexity index is 1040. The van der Waals surface area contributed by atoms with Crippen LogP contribution in [-0.4, -0.2) is 34.6 Å². The molecular formula is C16H15N3O7S2. The van der Waals surface area contributed by atoms with Gasteiger partial charge in [0.25, 0.3) is 5.69 Å². The largest absolute Gasteiger partial charge is 0.465 e. The van der Waals surface area contributed by atoms with Gasteiger partial charge in [-0.25, -0.2) is 9.69 Å². The normalized spacial score (nSPS) is 10.9. The summed E-state index contributed by atoms with van der Waals surface area (Å²) in [5.74, 6) is -0.295. The highest BCUT2D eigenvalue weighted by Crippen LogP contribution is 2.28. The number of nitrogens with zero attached hydrogens (tertiary/aromatic N) is 2. The number of benzene rings is 2. The van der Waals surface area contributed by atoms with Crippen molar-refractivity contribution < 1.29 is 27.4 Å². The molecule has 2 aromatic rings. The summed E-state index contributed by atoms with van der Waals surface area (Å²) in [6, 6.07) is 9.35. The molecule has 0 aliphatic carbocycles. The highest BCUT2D eigenvalue weighted by atomic mass is 32.2. The van der Waals surface area contributed by atoms with E-state index in [4.69, 9.17) is 15.0 Å². The number of amides is 1. The van der Waals surface area contributed by atoms with Gasteiger partial charge in [0, 0.05) is 0 Å². The highest BCUT2D eigenvalue weighted by molar-refractivity contribution is 7.87. The zero-order valence-electron chi connectivity index (χ0n) is 14.4. The molecule has 12 heteroatoms. The molecular weight excluding hydrogens is 410 g/mol. The Morgan fingerprint density at radius 2 is 1.96 bits per heavy atom. The summed E-state index contributed by atoms with van der Waals surface area (Å²) in [5, 5.41) is 20.0. The molecule has 0 heterocycles. The molecule has 3 N–H and O–H groups in total. The van der Waals surface area contributed by atoms with Crippen molar-refractivity contribution in [2.45, 2.75) is 18.4 Å². The second-order valence-corrected chi connectivity index (χ2v) is 7.49. The molecule has 0 saturated heterocycles. The van der Waals surface area contributed by atoms with Gasteiger partial charge >= 0.3 is 16.2 Å². The monoisotopic (exact) mass is 425 g/mol. The number of nitro groups is 1. The number of aryl methyl sites for hydroxylation is 1. The van der Waals surface area contributed by atoms with E-state index in [1.54, 1.807) is 19.1 Å². The van der Waals surface area contributed by atoms with Gasteiger partial charge in [-0.15, -0.1) is 0 Å². The van der Waals surface area contributed by atoms with Crippen LogP contribution in [0.2, 0.25) is 0 Å². The van der Waals surface area contributed by atoms with Gasteiger partial charge in [0.1, 0.15) is 10.6 Å². The van der Waals surface area contributed by atoms with E-state index in [0.717, 1.165) is 6.07 Å². The van der Waals surface area contributed by atoms with E-state index in [0.29, 0.717) is 10.5 Å². The topological polar surface area (TPSA) is 153 Å². The third-order valence-electron chi connectivity index (χ3n) is 3.65. The van der Waals surface area contributed by atoms with E-state index >= 15 is 0 Å². The lowest BCUT2D eigenvalue weighted by Crippen LogP contribution is -2.39. The fraction of sp³-hybridized carbons (Fsp3) is 0.125. The molecule has 0 fully saturated rings. The van der Waals surface area contributed by atoms with E-state index < -0.39 is 38.5 Å². The number of rotatable bonds is 6. The maximum absolute atomic E-state index is 12.4. The van der Waals surface area contributed by atoms with Crippen molar-refractivity contribution in [2.75, 3.05) is 0 Å². The Morgan fingerprint density at radius 1 is 1.32 bits per heavy atom. The number of hydrogen-bond donors (Lipinski definition) is 2. The van der Waals surface area contributed by atoms with Gasteiger partial charge < -0.3 is 15.0 Å². The van der Waals surface area contributed by atoms with Crippen LogP contribution in [0.4, 0.5) is 10.5 Å². The van der Waals surface area contributed by atoms with Crippen molar-refractivity contribution in [1.82, 2.24) is 4.90 Å². The minimum atomic E-state index is -4.22. The van der Waals surface area contributed by atoms with Crippen molar-refractivity contribution in [3.63, 3.8) is 0 Å². The first-order valence-electron chi connectivity index (χ1n) is 7.60. The van der Waals surface area contributed by atoms with Crippen LogP contribution in [0.1, 0.15) is 11.1 Å². The van der Waals surface area contributed by atoms with Gasteiger partial charge in [-0.3, -0.25) is 10.1 Å². The average Bonchev–Trinajstić information content (AvgIpc) is 2.59. The number of nitro benzene ring substituents is 1. The molecule has 28 heavy (non-hydrogen) atoms. The van der Waals surface area contributed by atoms with E-state index in [9.17, 15) is 23.3 Å². The van der Waals surface area contributed by atoms with Gasteiger partial charge in [0.05, 0.1) is 23.1 Å². The third-order valence-corrected chi connectivity index (χ3v) is 5.28. The molecule has 0 saturated carbocycles. The summed E-state index contributed by atoms with van der Waals surface area (Å²) in [4.78, 5) is 22.2. The first-order chi connectivity index (χ1) is 13.0. The lowest BCUT2D eigenvalue weighted by Gasteiger charge is -2.17. The molecule has 2 aromatic carbocycles. The Morgan fingerprint density at radius 3 is 2.50 bits per heavy atom. The minimum Gasteiger partial charge on any atom is -0.465 e. The zero-order chi connectivity index (χ0) is 21.1. The standard InChI is InChI=1S/C16H15N3O7S2/c1-10-4-2-3-5-14(10)28(24,25)26-12-7-6-11(13(8-12)19(22)23)9-18(15(17)27)16(20)21/h2-8H,9H2,1H3,(H2,17,27)(H,20,21). The lowest BCUT2D eigenvalue weighted by atomic mass is 10.1. The molecule has 2 rings (SSSR count). The van der Waals surface area contributed by atoms with E-state index in [1.165, 1.54) is 24.3 Å². The summed E-state index contributed by atoms with van der Waals surface area (Å²) < 4.78 is 29.9. The Labute approximate surface area is 165 Å². The summed E-state index contributed by atoms with van der Waals surface area (Å²) >= 11 is 4.61. The minimum absolute atomic E-state index is 0.0409. The predicted octanol–water partition coefficient (Wildman–Crippen LogP) is 2.39. The number of nitrogens with two attached hydrogens (primary N) is 1. The Hall–Kier alpha value is -3.25. The van der Waals surface area contributed by atoms with Crippen LogP contribution in [0, 0.1) is 17.0 Å². The molecule has 0 bridgehead atoms. The van der Waals surface area contributed by atoms with Gasteiger partial charge in [-0.1, -0.05) is 18.2 Å². The van der Waals surface area contributed by atoms with Crippen LogP contribution in [0.5, 0.6) is 5.75 Å². The molecule has 0 unspecified atom stereocenters. The van der Waals surface area contributed by atoms with Crippen LogP contribution < -0.4 is 9.92 Å². The Kier molecular flexibility index (Phi) is 6.16. The molecule has 0 aliphatic rings. The SMILES string of the molecule is Cc1ccccc1S(=O)(=O)Oc1ccc(CN(C(=O)O)C(N)=S)c([N+](=O)[O-])c1. The molecule has 148 valence electrons. The average molecular weight is 425 g/mol. The van der Waals surface area contributed by atoms with Crippen molar-refractivity contribution in [1.29, 1.82) is 0 Å². The summed E-state index contributed by atoms with van der Waals surface area (Å²) in [7, 11) is -4.22. The quantitative estimate of drug-likeness (QED) is 0.307. The fourth-order valence-corrected chi connectivity index (χ4v) is 3.61. The second kappa shape index (κ2) is 8.19. The fourth-order valence-electron chi connectivity index (χ4n) is 2.32. The smallest absolute Gasteiger partial charge is 0.413 e. The molecule has 0 radical (unpaired) electrons. The van der Waals surface area contributed by atoms with Crippen LogP contribution in [-0.2, 0) is 16.7 Å². The summed E-state index contributed by atoms with van der Waals surface area (Å²) in [5.41, 5.74) is 5.17. The van der Waals surface area contributed by atoms with Gasteiger partial charge in [-0.05, 0) is 42.9 Å². The van der Waals surface area contributed by atoms with Crippen LogP contribution in [0.3, 0.4) is 0 Å². The van der Waals surface area contributed by atoms with Crippen LogP contribution >= 0.6 is 12.2 Å². The first-order valence-corrected chi connectivity index (χ1v) is 9.42. The first kappa shape index (κ1) is 21.1. The molecule has 0 atom stereocenters. The maximum atomic E-state index is 12.4. The second-order valence-electron chi connectivity index (χ2n) is 5.56. The number of carboxylic acid groups (broad SMARTS) is 1. The lowest BCUT2D eigenvalue weighted by molar-refractivity contribution is -0.385. The summed E-state index contributed by atoms with van der Waals surface area (Å²) in [6.07, 6.45) is -1.48. The van der Waals surface area contributed by atoms with Gasteiger partial charge in [0.15, 0.2) is 5.11 Å². The van der Waals surface area contributed by atoms with Crippen molar-refractivity contribution in [2.24, 2.45) is 5.73 Å². The van der Waals surface area contributed by atoms with Crippen LogP contribution in [0.15, 0.2) is 47.4 Å². The summed E-state index contributed by atoms with van der Waals surface area (Å²) in [6.45, 7) is 1.10. The third kappa shape index (κ3) is 4.72. The zero-order valence-corrected chi connectivity index (χ0v) is 16.1. The number of carbonyl (C=O) groups is 1. The predicted molar refractivity (Wildman–Crippen MR) is 102 cm³/mol. The van der Waals surface area contributed by atoms with Crippen molar-refractivity contribution in [3.05, 3.63) is 63.7 Å². The van der Waals surface area contributed by atoms with Crippen molar-refractivity contribution >= 4 is 39.2 Å². The van der Waals surface area contributed by atoms with Crippen LogP contribution in [0.25, 0.3) is 0 Å². The maximum Gasteiger partial charge on any atom is 0.413 e. The Balaban J connectivity index is 2.40. The molecule has 0 aliphatic heterocycles.